The van der Waals surface area contributed by atoms with Gasteiger partial charge >= 0.3 is 0 Å². The number of carbonyl (C=O) groups excluding carboxylic acids is 2. The minimum absolute atomic E-state index is 0.0170. The normalized spacial score (nSPS) is 27.5. The monoisotopic (exact) mass is 307 g/mol. The second-order valence-corrected chi connectivity index (χ2v) is 5.82. The molecule has 0 bridgehead atoms. The van der Waals surface area contributed by atoms with Crippen LogP contribution >= 0.6 is 15.9 Å². The number of hydrogen-bond acceptors (Lipinski definition) is 2. The summed E-state index contributed by atoms with van der Waals surface area (Å²) in [6, 6.07) is 7.41. The van der Waals surface area contributed by atoms with Crippen molar-refractivity contribution in [3.8, 4) is 0 Å². The number of halogens is 1. The van der Waals surface area contributed by atoms with Crippen LogP contribution in [0, 0.1) is 11.8 Å². The van der Waals surface area contributed by atoms with Crippen molar-refractivity contribution in [2.75, 3.05) is 4.90 Å². The molecule has 1 heterocycles. The van der Waals surface area contributed by atoms with Gasteiger partial charge < -0.3 is 0 Å². The summed E-state index contributed by atoms with van der Waals surface area (Å²) in [5, 5.41) is 0. The topological polar surface area (TPSA) is 37.4 Å². The molecule has 2 amide bonds. The Morgan fingerprint density at radius 1 is 1.00 bits per heavy atom. The Balaban J connectivity index is 2.00. The summed E-state index contributed by atoms with van der Waals surface area (Å²) in [4.78, 5) is 26.2. The van der Waals surface area contributed by atoms with E-state index in [1.165, 1.54) is 4.90 Å². The van der Waals surface area contributed by atoms with E-state index in [0.29, 0.717) is 5.69 Å². The highest BCUT2D eigenvalue weighted by atomic mass is 79.9. The summed E-state index contributed by atoms with van der Waals surface area (Å²) in [5.41, 5.74) is 0.682. The highest BCUT2D eigenvalue weighted by Gasteiger charge is 2.48. The lowest BCUT2D eigenvalue weighted by atomic mass is 9.81. The van der Waals surface area contributed by atoms with E-state index in [0.717, 1.165) is 30.2 Å². The Kier molecular flexibility index (Phi) is 2.98. The van der Waals surface area contributed by atoms with Gasteiger partial charge in [-0.3, -0.25) is 9.59 Å². The number of para-hydroxylation sites is 1. The van der Waals surface area contributed by atoms with Gasteiger partial charge in [0.1, 0.15) is 0 Å². The number of hydrogen-bond donors (Lipinski definition) is 0. The first kappa shape index (κ1) is 11.9. The maximum Gasteiger partial charge on any atom is 0.237 e. The maximum atomic E-state index is 12.4. The fourth-order valence-corrected chi connectivity index (χ4v) is 3.49. The molecule has 1 saturated heterocycles. The van der Waals surface area contributed by atoms with E-state index in [4.69, 9.17) is 0 Å². The van der Waals surface area contributed by atoms with Gasteiger partial charge in [0, 0.05) is 4.47 Å². The standard InChI is InChI=1S/C14H14BrNO2/c15-11-7-3-4-8-12(11)16-13(17)9-5-1-2-6-10(9)14(16)18/h3-4,7-10H,1-2,5-6H2/t9-,10-/m1/s1. The zero-order valence-electron chi connectivity index (χ0n) is 9.93. The molecule has 0 spiro atoms. The third kappa shape index (κ3) is 1.70. The lowest BCUT2D eigenvalue weighted by Crippen LogP contribution is -2.31. The van der Waals surface area contributed by atoms with Gasteiger partial charge in [-0.1, -0.05) is 25.0 Å². The van der Waals surface area contributed by atoms with Crippen molar-refractivity contribution in [2.45, 2.75) is 25.7 Å². The molecule has 0 unspecified atom stereocenters. The van der Waals surface area contributed by atoms with Crippen LogP contribution in [0.2, 0.25) is 0 Å². The number of benzene rings is 1. The number of amides is 2. The molecule has 3 nitrogen and oxygen atoms in total. The summed E-state index contributed by atoms with van der Waals surface area (Å²) < 4.78 is 0.797. The minimum atomic E-state index is -0.0849. The molecule has 1 aliphatic heterocycles. The predicted molar refractivity (Wildman–Crippen MR) is 72.1 cm³/mol. The molecule has 2 atom stereocenters. The maximum absolute atomic E-state index is 12.4. The molecule has 2 aliphatic rings. The summed E-state index contributed by atoms with van der Waals surface area (Å²) in [6.07, 6.45) is 3.83. The van der Waals surface area contributed by atoms with Gasteiger partial charge in [0.2, 0.25) is 11.8 Å². The summed E-state index contributed by atoms with van der Waals surface area (Å²) in [7, 11) is 0. The lowest BCUT2D eigenvalue weighted by Gasteiger charge is -2.19. The Hall–Kier alpha value is -1.16. The molecular formula is C14H14BrNO2. The van der Waals surface area contributed by atoms with E-state index in [1.807, 2.05) is 24.3 Å². The predicted octanol–water partition coefficient (Wildman–Crippen LogP) is 3.13. The van der Waals surface area contributed by atoms with Crippen molar-refractivity contribution in [3.63, 3.8) is 0 Å². The first-order valence-corrected chi connectivity index (χ1v) is 7.12. The molecule has 18 heavy (non-hydrogen) atoms. The second-order valence-electron chi connectivity index (χ2n) is 4.96. The van der Waals surface area contributed by atoms with Gasteiger partial charge in [0.25, 0.3) is 0 Å². The van der Waals surface area contributed by atoms with Crippen molar-refractivity contribution >= 4 is 33.4 Å². The highest BCUT2D eigenvalue weighted by Crippen LogP contribution is 2.41. The van der Waals surface area contributed by atoms with Gasteiger partial charge in [-0.2, -0.15) is 0 Å². The SMILES string of the molecule is O=C1[C@@H]2CCCC[C@H]2C(=O)N1c1ccccc1Br. The molecule has 1 aliphatic carbocycles. The Labute approximate surface area is 114 Å². The lowest BCUT2D eigenvalue weighted by molar-refractivity contribution is -0.122. The van der Waals surface area contributed by atoms with Gasteiger partial charge in [-0.25, -0.2) is 4.90 Å². The zero-order valence-corrected chi connectivity index (χ0v) is 11.5. The van der Waals surface area contributed by atoms with E-state index in [9.17, 15) is 9.59 Å². The zero-order chi connectivity index (χ0) is 12.7. The van der Waals surface area contributed by atoms with Crippen LogP contribution < -0.4 is 4.90 Å². The van der Waals surface area contributed by atoms with Crippen LogP contribution in [0.25, 0.3) is 0 Å². The fraction of sp³-hybridized carbons (Fsp3) is 0.429. The smallest absolute Gasteiger partial charge is 0.237 e. The number of nitrogens with zero attached hydrogens (tertiary/aromatic N) is 1. The van der Waals surface area contributed by atoms with Gasteiger partial charge in [-0.15, -0.1) is 0 Å². The Morgan fingerprint density at radius 2 is 1.56 bits per heavy atom. The van der Waals surface area contributed by atoms with Crippen LogP contribution in [-0.4, -0.2) is 11.8 Å². The molecule has 94 valence electrons. The molecule has 1 aromatic rings. The molecule has 4 heteroatoms. The van der Waals surface area contributed by atoms with Crippen molar-refractivity contribution in [3.05, 3.63) is 28.7 Å². The second kappa shape index (κ2) is 4.50. The number of rotatable bonds is 1. The van der Waals surface area contributed by atoms with Crippen LogP contribution in [0.15, 0.2) is 28.7 Å². The Bertz CT molecular complexity index is 490. The molecule has 1 saturated carbocycles. The molecular weight excluding hydrogens is 294 g/mol. The highest BCUT2D eigenvalue weighted by molar-refractivity contribution is 9.10. The molecule has 3 rings (SSSR count). The van der Waals surface area contributed by atoms with Crippen molar-refractivity contribution in [1.29, 1.82) is 0 Å². The van der Waals surface area contributed by atoms with Crippen LogP contribution in [0.1, 0.15) is 25.7 Å². The number of fused-ring (bicyclic) bond motifs is 1. The minimum Gasteiger partial charge on any atom is -0.274 e. The summed E-state index contributed by atoms with van der Waals surface area (Å²) in [5.74, 6) is -0.204. The Morgan fingerprint density at radius 3 is 2.11 bits per heavy atom. The van der Waals surface area contributed by atoms with E-state index >= 15 is 0 Å². The van der Waals surface area contributed by atoms with Crippen LogP contribution in [0.4, 0.5) is 5.69 Å². The third-order valence-electron chi connectivity index (χ3n) is 3.93. The van der Waals surface area contributed by atoms with Crippen molar-refractivity contribution < 1.29 is 9.59 Å². The average Bonchev–Trinajstić information content (AvgIpc) is 2.64. The molecule has 0 N–H and O–H groups in total. The first-order chi connectivity index (χ1) is 8.70. The van der Waals surface area contributed by atoms with E-state index in [-0.39, 0.29) is 23.7 Å². The third-order valence-corrected chi connectivity index (χ3v) is 4.61. The summed E-state index contributed by atoms with van der Waals surface area (Å²) in [6.45, 7) is 0. The fourth-order valence-electron chi connectivity index (χ4n) is 3.03. The van der Waals surface area contributed by atoms with Gasteiger partial charge in [0.05, 0.1) is 17.5 Å². The summed E-state index contributed by atoms with van der Waals surface area (Å²) >= 11 is 3.41. The van der Waals surface area contributed by atoms with Gasteiger partial charge in [-0.05, 0) is 40.9 Å². The number of anilines is 1. The van der Waals surface area contributed by atoms with Crippen molar-refractivity contribution in [2.24, 2.45) is 11.8 Å². The van der Waals surface area contributed by atoms with Crippen LogP contribution in [0.3, 0.4) is 0 Å². The molecule has 2 fully saturated rings. The average molecular weight is 308 g/mol. The van der Waals surface area contributed by atoms with E-state index in [2.05, 4.69) is 15.9 Å². The molecule has 0 aromatic heterocycles. The van der Waals surface area contributed by atoms with Crippen molar-refractivity contribution in [1.82, 2.24) is 0 Å². The quantitative estimate of drug-likeness (QED) is 0.748. The van der Waals surface area contributed by atoms with Crippen LogP contribution in [-0.2, 0) is 9.59 Å². The molecule has 0 radical (unpaired) electrons. The van der Waals surface area contributed by atoms with Gasteiger partial charge in [0.15, 0.2) is 0 Å². The molecule has 1 aromatic carbocycles. The van der Waals surface area contributed by atoms with Crippen LogP contribution in [0.5, 0.6) is 0 Å². The number of imide groups is 1. The first-order valence-electron chi connectivity index (χ1n) is 6.32. The van der Waals surface area contributed by atoms with E-state index < -0.39 is 0 Å². The number of carbonyl (C=O) groups is 2. The largest absolute Gasteiger partial charge is 0.274 e. The van der Waals surface area contributed by atoms with E-state index in [1.54, 1.807) is 0 Å².